The number of benzene rings is 3. The zero-order valence-electron chi connectivity index (χ0n) is 23.3. The number of methoxy groups -OCH3 is 3. The lowest BCUT2D eigenvalue weighted by atomic mass is 10.1. The van der Waals surface area contributed by atoms with Gasteiger partial charge in [0.25, 0.3) is 0 Å². The number of ether oxygens (including phenoxy) is 3. The molecule has 0 aliphatic rings. The van der Waals surface area contributed by atoms with Gasteiger partial charge in [0.1, 0.15) is 0 Å². The molecule has 0 aliphatic carbocycles. The normalized spacial score (nSPS) is 9.05. The number of hydrogen-bond acceptors (Lipinski definition) is 6. The number of nitrogens with two attached hydrogens (primary N) is 1. The Labute approximate surface area is 222 Å². The van der Waals surface area contributed by atoms with Crippen LogP contribution in [-0.4, -0.2) is 27.7 Å². The van der Waals surface area contributed by atoms with Gasteiger partial charge in [-0.15, -0.1) is 0 Å². The first-order valence-corrected chi connectivity index (χ1v) is 12.3. The fourth-order valence-corrected chi connectivity index (χ4v) is 2.97. The van der Waals surface area contributed by atoms with E-state index in [4.69, 9.17) is 19.9 Å². The summed E-state index contributed by atoms with van der Waals surface area (Å²) in [4.78, 5) is 10.2. The van der Waals surface area contributed by atoms with Crippen LogP contribution in [0.3, 0.4) is 0 Å². The minimum Gasteiger partial charge on any atom is -0.493 e. The Morgan fingerprint density at radius 1 is 0.865 bits per heavy atom. The highest BCUT2D eigenvalue weighted by atomic mass is 16.5. The summed E-state index contributed by atoms with van der Waals surface area (Å²) < 4.78 is 15.3. The van der Waals surface area contributed by atoms with Crippen LogP contribution in [0.25, 0.3) is 5.70 Å². The average Bonchev–Trinajstić information content (AvgIpc) is 2.96. The van der Waals surface area contributed by atoms with Crippen molar-refractivity contribution in [2.24, 2.45) is 0 Å². The fourth-order valence-electron chi connectivity index (χ4n) is 2.97. The predicted octanol–water partition coefficient (Wildman–Crippen LogP) is 6.50. The SMILES string of the molecule is C=C(Nc1ccccc1N)c1ccc(CNC=O)cc1.CC.CC.COCc1ccc(OC)c(OC)c1. The van der Waals surface area contributed by atoms with E-state index < -0.39 is 0 Å². The van der Waals surface area contributed by atoms with Gasteiger partial charge in [-0.05, 0) is 41.0 Å². The van der Waals surface area contributed by atoms with Crippen molar-refractivity contribution in [2.45, 2.75) is 40.8 Å². The van der Waals surface area contributed by atoms with Gasteiger partial charge in [-0.2, -0.15) is 0 Å². The van der Waals surface area contributed by atoms with E-state index in [0.29, 0.717) is 25.2 Å². The molecule has 0 bridgehead atoms. The third kappa shape index (κ3) is 12.0. The first kappa shape index (κ1) is 33.0. The molecule has 37 heavy (non-hydrogen) atoms. The molecule has 7 nitrogen and oxygen atoms in total. The van der Waals surface area contributed by atoms with Gasteiger partial charge in [-0.25, -0.2) is 0 Å². The molecule has 0 unspecified atom stereocenters. The second-order valence-corrected chi connectivity index (χ2v) is 7.01. The summed E-state index contributed by atoms with van der Waals surface area (Å²) in [6, 6.07) is 21.1. The molecule has 3 rings (SSSR count). The number of nitrogens with one attached hydrogen (secondary N) is 2. The molecule has 0 saturated carbocycles. The molecule has 0 radical (unpaired) electrons. The number of para-hydroxylation sites is 2. The van der Waals surface area contributed by atoms with Gasteiger partial charge in [-0.1, -0.05) is 76.7 Å². The molecule has 0 aliphatic heterocycles. The zero-order chi connectivity index (χ0) is 28.1. The van der Waals surface area contributed by atoms with Crippen molar-refractivity contribution in [1.29, 1.82) is 0 Å². The lowest BCUT2D eigenvalue weighted by Gasteiger charge is -2.12. The van der Waals surface area contributed by atoms with Crippen LogP contribution >= 0.6 is 0 Å². The molecule has 3 aromatic carbocycles. The Hall–Kier alpha value is -3.97. The van der Waals surface area contributed by atoms with Gasteiger partial charge in [0.15, 0.2) is 11.5 Å². The van der Waals surface area contributed by atoms with Crippen LogP contribution in [0.4, 0.5) is 11.4 Å². The first-order chi connectivity index (χ1) is 18.0. The second kappa shape index (κ2) is 20.2. The van der Waals surface area contributed by atoms with Crippen molar-refractivity contribution in [1.82, 2.24) is 5.32 Å². The lowest BCUT2D eigenvalue weighted by molar-refractivity contribution is -0.109. The van der Waals surface area contributed by atoms with Crippen LogP contribution in [0.15, 0.2) is 73.3 Å². The number of rotatable bonds is 10. The van der Waals surface area contributed by atoms with Crippen LogP contribution < -0.4 is 25.8 Å². The fraction of sp³-hybridized carbons (Fsp3) is 0.300. The highest BCUT2D eigenvalue weighted by molar-refractivity contribution is 5.80. The molecule has 0 fully saturated rings. The highest BCUT2D eigenvalue weighted by Crippen LogP contribution is 2.27. The van der Waals surface area contributed by atoms with Gasteiger partial charge in [0, 0.05) is 19.4 Å². The van der Waals surface area contributed by atoms with Crippen LogP contribution in [-0.2, 0) is 22.7 Å². The molecule has 4 N–H and O–H groups in total. The summed E-state index contributed by atoms with van der Waals surface area (Å²) in [6.45, 7) is 13.1. The largest absolute Gasteiger partial charge is 0.493 e. The number of amides is 1. The highest BCUT2D eigenvalue weighted by Gasteiger charge is 2.04. The number of nitrogen functional groups attached to an aromatic ring is 1. The molecule has 202 valence electrons. The quantitative estimate of drug-likeness (QED) is 0.213. The monoisotopic (exact) mass is 509 g/mol. The minimum atomic E-state index is 0.523. The maximum atomic E-state index is 10.2. The third-order valence-corrected chi connectivity index (χ3v) is 4.70. The van der Waals surface area contributed by atoms with Gasteiger partial charge in [0.2, 0.25) is 6.41 Å². The van der Waals surface area contributed by atoms with Crippen molar-refractivity contribution in [3.63, 3.8) is 0 Å². The predicted molar refractivity (Wildman–Crippen MR) is 156 cm³/mol. The van der Waals surface area contributed by atoms with Crippen molar-refractivity contribution in [3.8, 4) is 11.5 Å². The number of carbonyl (C=O) groups excluding carboxylic acids is 1. The Bertz CT molecular complexity index is 1040. The Morgan fingerprint density at radius 3 is 2.00 bits per heavy atom. The first-order valence-electron chi connectivity index (χ1n) is 12.3. The van der Waals surface area contributed by atoms with Gasteiger partial charge in [-0.3, -0.25) is 4.79 Å². The molecule has 0 spiro atoms. The van der Waals surface area contributed by atoms with Crippen molar-refractivity contribution < 1.29 is 19.0 Å². The van der Waals surface area contributed by atoms with Crippen LogP contribution in [0.1, 0.15) is 44.4 Å². The van der Waals surface area contributed by atoms with Crippen molar-refractivity contribution in [2.75, 3.05) is 32.4 Å². The maximum absolute atomic E-state index is 10.2. The summed E-state index contributed by atoms with van der Waals surface area (Å²) in [5.74, 6) is 1.47. The number of hydrogen-bond donors (Lipinski definition) is 3. The van der Waals surface area contributed by atoms with E-state index in [-0.39, 0.29) is 0 Å². The van der Waals surface area contributed by atoms with E-state index in [2.05, 4.69) is 17.2 Å². The third-order valence-electron chi connectivity index (χ3n) is 4.70. The molecular weight excluding hydrogens is 466 g/mol. The van der Waals surface area contributed by atoms with Crippen LogP contribution in [0, 0.1) is 0 Å². The summed E-state index contributed by atoms with van der Waals surface area (Å²) in [5.41, 5.74) is 11.3. The molecule has 3 aromatic rings. The molecule has 0 atom stereocenters. The Morgan fingerprint density at radius 2 is 1.46 bits per heavy atom. The number of carbonyl (C=O) groups is 1. The zero-order valence-corrected chi connectivity index (χ0v) is 23.3. The molecule has 1 amide bonds. The molecular formula is C30H43N3O4. The summed E-state index contributed by atoms with van der Waals surface area (Å²) in [6.07, 6.45) is 0.687. The maximum Gasteiger partial charge on any atom is 0.207 e. The molecule has 0 heterocycles. The van der Waals surface area contributed by atoms with Crippen LogP contribution in [0.5, 0.6) is 11.5 Å². The van der Waals surface area contributed by atoms with Gasteiger partial charge in [0.05, 0.1) is 32.2 Å². The number of anilines is 2. The van der Waals surface area contributed by atoms with Gasteiger partial charge >= 0.3 is 0 Å². The Kier molecular flexibility index (Phi) is 18.1. The van der Waals surface area contributed by atoms with Crippen molar-refractivity contribution in [3.05, 3.63) is 90.0 Å². The Balaban J connectivity index is 0.000000660. The minimum absolute atomic E-state index is 0.523. The summed E-state index contributed by atoms with van der Waals surface area (Å²) >= 11 is 0. The molecule has 0 saturated heterocycles. The van der Waals surface area contributed by atoms with Gasteiger partial charge < -0.3 is 30.6 Å². The van der Waals surface area contributed by atoms with E-state index in [9.17, 15) is 4.79 Å². The summed E-state index contributed by atoms with van der Waals surface area (Å²) in [5, 5.41) is 5.82. The standard InChI is InChI=1S/C16H17N3O.C10H14O3.2C2H6/c1-12(19-16-5-3-2-4-15(16)17)14-8-6-13(7-9-14)10-18-11-20;1-11-7-8-4-5-9(12-2)10(6-8)13-3;2*1-2/h2-9,11,19H,1,10,17H2,(H,18,20);4-6H,7H2,1-3H3;2*1-2H3. The smallest absolute Gasteiger partial charge is 0.207 e. The molecule has 7 heteroatoms. The van der Waals surface area contributed by atoms with E-state index in [0.717, 1.165) is 39.6 Å². The van der Waals surface area contributed by atoms with Crippen molar-refractivity contribution >= 4 is 23.5 Å². The second-order valence-electron chi connectivity index (χ2n) is 7.01. The lowest BCUT2D eigenvalue weighted by Crippen LogP contribution is -2.09. The summed E-state index contributed by atoms with van der Waals surface area (Å²) in [7, 11) is 4.90. The average molecular weight is 510 g/mol. The van der Waals surface area contributed by atoms with Crippen LogP contribution in [0.2, 0.25) is 0 Å². The van der Waals surface area contributed by atoms with E-state index >= 15 is 0 Å². The molecule has 0 aromatic heterocycles. The topological polar surface area (TPSA) is 94.8 Å². The van der Waals surface area contributed by atoms with E-state index in [1.165, 1.54) is 0 Å². The van der Waals surface area contributed by atoms with E-state index in [1.807, 2.05) is 94.4 Å². The van der Waals surface area contributed by atoms with E-state index in [1.54, 1.807) is 21.3 Å².